The Labute approximate surface area is 123 Å². The zero-order chi connectivity index (χ0) is 13.6. The van der Waals surface area contributed by atoms with Crippen molar-refractivity contribution in [2.75, 3.05) is 26.8 Å². The van der Waals surface area contributed by atoms with Crippen molar-refractivity contribution in [1.82, 2.24) is 5.32 Å². The maximum Gasteiger partial charge on any atom is 0.0587 e. The standard InChI is InChI=1S/C14H24BrNOS/c1-11(2)14(3,10-16-6-7-17-4)9-13-12(15)5-8-18-13/h5,8,11,16H,6-7,9-10H2,1-4H3. The summed E-state index contributed by atoms with van der Waals surface area (Å²) in [6.45, 7) is 9.70. The average molecular weight is 334 g/mol. The lowest BCUT2D eigenvalue weighted by molar-refractivity contribution is 0.175. The number of nitrogens with one attached hydrogen (secondary N) is 1. The number of ether oxygens (including phenoxy) is 1. The lowest BCUT2D eigenvalue weighted by atomic mass is 9.76. The number of rotatable bonds is 8. The van der Waals surface area contributed by atoms with Crippen molar-refractivity contribution in [2.24, 2.45) is 11.3 Å². The van der Waals surface area contributed by atoms with Gasteiger partial charge in [0.15, 0.2) is 0 Å². The van der Waals surface area contributed by atoms with Gasteiger partial charge in [-0.2, -0.15) is 0 Å². The fraction of sp³-hybridized carbons (Fsp3) is 0.714. The molecule has 1 heterocycles. The third-order valence-electron chi connectivity index (χ3n) is 3.66. The molecule has 0 amide bonds. The van der Waals surface area contributed by atoms with E-state index in [9.17, 15) is 0 Å². The lowest BCUT2D eigenvalue weighted by Crippen LogP contribution is -2.39. The number of halogens is 1. The Kier molecular flexibility index (Phi) is 6.85. The number of hydrogen-bond donors (Lipinski definition) is 1. The first-order valence-corrected chi connectivity index (χ1v) is 8.08. The molecule has 104 valence electrons. The van der Waals surface area contributed by atoms with Gasteiger partial charge in [0.25, 0.3) is 0 Å². The highest BCUT2D eigenvalue weighted by atomic mass is 79.9. The minimum Gasteiger partial charge on any atom is -0.383 e. The molecule has 4 heteroatoms. The molecule has 1 unspecified atom stereocenters. The van der Waals surface area contributed by atoms with Crippen molar-refractivity contribution in [1.29, 1.82) is 0 Å². The number of hydrogen-bond acceptors (Lipinski definition) is 3. The highest BCUT2D eigenvalue weighted by Gasteiger charge is 2.29. The zero-order valence-electron chi connectivity index (χ0n) is 11.8. The van der Waals surface area contributed by atoms with Crippen molar-refractivity contribution >= 4 is 27.3 Å². The van der Waals surface area contributed by atoms with Crippen LogP contribution in [0.15, 0.2) is 15.9 Å². The van der Waals surface area contributed by atoms with E-state index in [1.165, 1.54) is 9.35 Å². The van der Waals surface area contributed by atoms with Gasteiger partial charge in [0.2, 0.25) is 0 Å². The van der Waals surface area contributed by atoms with Crippen LogP contribution in [0.4, 0.5) is 0 Å². The Balaban J connectivity index is 2.60. The minimum atomic E-state index is 0.279. The van der Waals surface area contributed by atoms with E-state index in [-0.39, 0.29) is 5.41 Å². The molecule has 0 saturated heterocycles. The van der Waals surface area contributed by atoms with Gasteiger partial charge in [-0.1, -0.05) is 20.8 Å². The van der Waals surface area contributed by atoms with E-state index >= 15 is 0 Å². The molecule has 0 aliphatic carbocycles. The van der Waals surface area contributed by atoms with Crippen molar-refractivity contribution in [2.45, 2.75) is 27.2 Å². The van der Waals surface area contributed by atoms with Gasteiger partial charge in [-0.25, -0.2) is 0 Å². The van der Waals surface area contributed by atoms with Crippen molar-refractivity contribution in [3.8, 4) is 0 Å². The lowest BCUT2D eigenvalue weighted by Gasteiger charge is -2.34. The molecule has 0 aliphatic rings. The Morgan fingerprint density at radius 2 is 2.22 bits per heavy atom. The molecule has 0 aromatic carbocycles. The van der Waals surface area contributed by atoms with E-state index in [0.29, 0.717) is 5.92 Å². The topological polar surface area (TPSA) is 21.3 Å². The fourth-order valence-corrected chi connectivity index (χ4v) is 3.53. The molecule has 1 atom stereocenters. The second-order valence-electron chi connectivity index (χ2n) is 5.35. The Bertz CT molecular complexity index is 353. The molecule has 0 saturated carbocycles. The summed E-state index contributed by atoms with van der Waals surface area (Å²) in [4.78, 5) is 1.44. The predicted molar refractivity (Wildman–Crippen MR) is 83.4 cm³/mol. The monoisotopic (exact) mass is 333 g/mol. The van der Waals surface area contributed by atoms with E-state index in [4.69, 9.17) is 4.74 Å². The molecule has 1 aromatic rings. The highest BCUT2D eigenvalue weighted by molar-refractivity contribution is 9.10. The molecule has 1 rings (SSSR count). The average Bonchev–Trinajstić information content (AvgIpc) is 2.70. The van der Waals surface area contributed by atoms with Gasteiger partial charge in [-0.05, 0) is 45.1 Å². The van der Waals surface area contributed by atoms with Gasteiger partial charge in [0.1, 0.15) is 0 Å². The minimum absolute atomic E-state index is 0.279. The Hall–Kier alpha value is 0.100. The van der Waals surface area contributed by atoms with E-state index in [1.807, 2.05) is 11.3 Å². The molecule has 0 bridgehead atoms. The summed E-state index contributed by atoms with van der Waals surface area (Å²) in [7, 11) is 1.74. The summed E-state index contributed by atoms with van der Waals surface area (Å²) in [6.07, 6.45) is 1.11. The Morgan fingerprint density at radius 1 is 1.50 bits per heavy atom. The van der Waals surface area contributed by atoms with Crippen LogP contribution in [0.3, 0.4) is 0 Å². The molecule has 0 fully saturated rings. The molecular weight excluding hydrogens is 310 g/mol. The largest absolute Gasteiger partial charge is 0.383 e. The molecule has 1 aromatic heterocycles. The van der Waals surface area contributed by atoms with Crippen LogP contribution >= 0.6 is 27.3 Å². The third-order valence-corrected chi connectivity index (χ3v) is 5.59. The van der Waals surface area contributed by atoms with Crippen molar-refractivity contribution in [3.05, 3.63) is 20.8 Å². The molecular formula is C14H24BrNOS. The van der Waals surface area contributed by atoms with Crippen LogP contribution in [-0.4, -0.2) is 26.8 Å². The van der Waals surface area contributed by atoms with E-state index in [0.717, 1.165) is 26.1 Å². The zero-order valence-corrected chi connectivity index (χ0v) is 14.2. The summed E-state index contributed by atoms with van der Waals surface area (Å²) in [5.74, 6) is 0.640. The highest BCUT2D eigenvalue weighted by Crippen LogP contribution is 2.35. The normalized spacial score (nSPS) is 15.0. The summed E-state index contributed by atoms with van der Waals surface area (Å²) in [6, 6.07) is 2.14. The molecule has 1 N–H and O–H groups in total. The number of methoxy groups -OCH3 is 1. The molecule has 2 nitrogen and oxygen atoms in total. The van der Waals surface area contributed by atoms with Crippen molar-refractivity contribution < 1.29 is 4.74 Å². The van der Waals surface area contributed by atoms with Crippen LogP contribution in [0.25, 0.3) is 0 Å². The summed E-state index contributed by atoms with van der Waals surface area (Å²) >= 11 is 5.47. The second-order valence-corrected chi connectivity index (χ2v) is 7.20. The molecule has 18 heavy (non-hydrogen) atoms. The van der Waals surface area contributed by atoms with Gasteiger partial charge in [-0.15, -0.1) is 11.3 Å². The smallest absolute Gasteiger partial charge is 0.0587 e. The van der Waals surface area contributed by atoms with E-state index in [2.05, 4.69) is 53.5 Å². The predicted octanol–water partition coefficient (Wildman–Crippen LogP) is 3.95. The van der Waals surface area contributed by atoms with Crippen LogP contribution in [0.1, 0.15) is 25.6 Å². The quantitative estimate of drug-likeness (QED) is 0.727. The number of thiophene rings is 1. The van der Waals surface area contributed by atoms with Gasteiger partial charge >= 0.3 is 0 Å². The molecule has 0 radical (unpaired) electrons. The van der Waals surface area contributed by atoms with Crippen LogP contribution in [0, 0.1) is 11.3 Å². The van der Waals surface area contributed by atoms with Gasteiger partial charge in [0.05, 0.1) is 6.61 Å². The van der Waals surface area contributed by atoms with Crippen LogP contribution < -0.4 is 5.32 Å². The van der Waals surface area contributed by atoms with Crippen LogP contribution in [0.2, 0.25) is 0 Å². The SMILES string of the molecule is COCCNCC(C)(Cc1sccc1Br)C(C)C. The van der Waals surface area contributed by atoms with Gasteiger partial charge in [-0.3, -0.25) is 0 Å². The van der Waals surface area contributed by atoms with Gasteiger partial charge < -0.3 is 10.1 Å². The molecule has 0 spiro atoms. The maximum absolute atomic E-state index is 5.07. The maximum atomic E-state index is 5.07. The second kappa shape index (κ2) is 7.63. The summed E-state index contributed by atoms with van der Waals surface area (Å²) < 4.78 is 6.32. The summed E-state index contributed by atoms with van der Waals surface area (Å²) in [5.41, 5.74) is 0.279. The Morgan fingerprint density at radius 3 is 2.72 bits per heavy atom. The van der Waals surface area contributed by atoms with E-state index < -0.39 is 0 Å². The van der Waals surface area contributed by atoms with Crippen LogP contribution in [0.5, 0.6) is 0 Å². The fourth-order valence-electron chi connectivity index (χ4n) is 1.84. The summed E-state index contributed by atoms with van der Waals surface area (Å²) in [5, 5.41) is 5.66. The first-order valence-electron chi connectivity index (χ1n) is 6.41. The van der Waals surface area contributed by atoms with Crippen LogP contribution in [-0.2, 0) is 11.2 Å². The van der Waals surface area contributed by atoms with Gasteiger partial charge in [0, 0.05) is 29.5 Å². The van der Waals surface area contributed by atoms with E-state index in [1.54, 1.807) is 7.11 Å². The third kappa shape index (κ3) is 4.65. The van der Waals surface area contributed by atoms with Crippen molar-refractivity contribution in [3.63, 3.8) is 0 Å². The first-order chi connectivity index (χ1) is 8.49. The first kappa shape index (κ1) is 16.2. The molecule has 0 aliphatic heterocycles.